The molecule has 1 N–H and O–H groups in total. The van der Waals surface area contributed by atoms with Crippen LogP contribution in [-0.4, -0.2) is 34.3 Å². The van der Waals surface area contributed by atoms with Crippen molar-refractivity contribution < 1.29 is 9.90 Å². The summed E-state index contributed by atoms with van der Waals surface area (Å²) in [5.74, 6) is 0.211. The number of halogens is 1. The smallest absolute Gasteiger partial charge is 0.226 e. The summed E-state index contributed by atoms with van der Waals surface area (Å²) in [7, 11) is 1.79. The van der Waals surface area contributed by atoms with Crippen molar-refractivity contribution >= 4 is 21.8 Å². The molecule has 1 aromatic rings. The second-order valence-electron chi connectivity index (χ2n) is 4.19. The van der Waals surface area contributed by atoms with Crippen LogP contribution >= 0.6 is 15.9 Å². The second-order valence-corrected chi connectivity index (χ2v) is 5.75. The van der Waals surface area contributed by atoms with E-state index < -0.39 is 0 Å². The highest BCUT2D eigenvalue weighted by Gasteiger charge is 2.12. The standard InChI is InChI=1S/C13H18BrNO2/c1-10(14)7-8-15(2)13(17)9-11-5-3-4-6-12(11)16/h3-6,10,16H,7-9H2,1-2H3. The Morgan fingerprint density at radius 3 is 2.71 bits per heavy atom. The van der Waals surface area contributed by atoms with Gasteiger partial charge in [0.05, 0.1) is 6.42 Å². The molecular formula is C13H18BrNO2. The van der Waals surface area contributed by atoms with Gasteiger partial charge < -0.3 is 10.0 Å². The molecule has 3 nitrogen and oxygen atoms in total. The summed E-state index contributed by atoms with van der Waals surface area (Å²) in [5, 5.41) is 9.58. The topological polar surface area (TPSA) is 40.5 Å². The van der Waals surface area contributed by atoms with Crippen LogP contribution in [0.1, 0.15) is 18.9 Å². The Balaban J connectivity index is 2.52. The Morgan fingerprint density at radius 2 is 2.12 bits per heavy atom. The zero-order valence-corrected chi connectivity index (χ0v) is 11.8. The summed E-state index contributed by atoms with van der Waals surface area (Å²) >= 11 is 3.45. The van der Waals surface area contributed by atoms with Crippen LogP contribution < -0.4 is 0 Å². The highest BCUT2D eigenvalue weighted by Crippen LogP contribution is 2.16. The van der Waals surface area contributed by atoms with Gasteiger partial charge in [-0.1, -0.05) is 41.1 Å². The first-order valence-corrected chi connectivity index (χ1v) is 6.57. The minimum Gasteiger partial charge on any atom is -0.508 e. The highest BCUT2D eigenvalue weighted by molar-refractivity contribution is 9.09. The molecule has 0 heterocycles. The van der Waals surface area contributed by atoms with Gasteiger partial charge in [-0.05, 0) is 12.5 Å². The molecule has 0 aliphatic heterocycles. The van der Waals surface area contributed by atoms with Crippen molar-refractivity contribution in [2.24, 2.45) is 0 Å². The van der Waals surface area contributed by atoms with Crippen molar-refractivity contribution in [3.05, 3.63) is 29.8 Å². The summed E-state index contributed by atoms with van der Waals surface area (Å²) in [5.41, 5.74) is 0.677. The first kappa shape index (κ1) is 14.0. The van der Waals surface area contributed by atoms with Crippen LogP contribution in [0.25, 0.3) is 0 Å². The fourth-order valence-electron chi connectivity index (χ4n) is 1.45. The zero-order chi connectivity index (χ0) is 12.8. The Bertz CT molecular complexity index is 379. The number of aromatic hydroxyl groups is 1. The third-order valence-corrected chi connectivity index (χ3v) is 3.08. The number of hydrogen-bond acceptors (Lipinski definition) is 2. The van der Waals surface area contributed by atoms with Gasteiger partial charge in [0.25, 0.3) is 0 Å². The van der Waals surface area contributed by atoms with Crippen LogP contribution in [0.3, 0.4) is 0 Å². The van der Waals surface area contributed by atoms with E-state index >= 15 is 0 Å². The molecule has 1 aromatic carbocycles. The predicted octanol–water partition coefficient (Wildman–Crippen LogP) is 2.57. The normalized spacial score (nSPS) is 12.2. The number of rotatable bonds is 5. The first-order chi connectivity index (χ1) is 8.00. The van der Waals surface area contributed by atoms with Crippen LogP contribution in [0.15, 0.2) is 24.3 Å². The molecule has 94 valence electrons. The maximum atomic E-state index is 11.9. The molecule has 4 heteroatoms. The Kier molecular flexibility index (Phi) is 5.48. The van der Waals surface area contributed by atoms with E-state index in [1.165, 1.54) is 0 Å². The number of carbonyl (C=O) groups is 1. The van der Waals surface area contributed by atoms with Crippen molar-refractivity contribution in [3.63, 3.8) is 0 Å². The fourth-order valence-corrected chi connectivity index (χ4v) is 1.66. The molecule has 1 amide bonds. The number of benzene rings is 1. The first-order valence-electron chi connectivity index (χ1n) is 5.65. The largest absolute Gasteiger partial charge is 0.508 e. The monoisotopic (exact) mass is 299 g/mol. The summed E-state index contributed by atoms with van der Waals surface area (Å²) in [6.45, 7) is 2.78. The van der Waals surface area contributed by atoms with Crippen molar-refractivity contribution in [3.8, 4) is 5.75 Å². The number of phenols is 1. The lowest BCUT2D eigenvalue weighted by atomic mass is 10.1. The number of carbonyl (C=O) groups excluding carboxylic acids is 1. The average Bonchev–Trinajstić information content (AvgIpc) is 2.28. The van der Waals surface area contributed by atoms with Gasteiger partial charge in [0.15, 0.2) is 0 Å². The zero-order valence-electron chi connectivity index (χ0n) is 10.2. The van der Waals surface area contributed by atoms with Gasteiger partial charge in [0, 0.05) is 24.0 Å². The van der Waals surface area contributed by atoms with Crippen molar-refractivity contribution in [1.82, 2.24) is 4.90 Å². The van der Waals surface area contributed by atoms with E-state index in [4.69, 9.17) is 0 Å². The number of phenolic OH excluding ortho intramolecular Hbond substituents is 1. The van der Waals surface area contributed by atoms with Gasteiger partial charge in [-0.3, -0.25) is 4.79 Å². The molecule has 0 aromatic heterocycles. The summed E-state index contributed by atoms with van der Waals surface area (Å²) in [6, 6.07) is 6.94. The lowest BCUT2D eigenvalue weighted by molar-refractivity contribution is -0.129. The molecule has 1 rings (SSSR count). The molecule has 17 heavy (non-hydrogen) atoms. The fraction of sp³-hybridized carbons (Fsp3) is 0.462. The highest BCUT2D eigenvalue weighted by atomic mass is 79.9. The third kappa shape index (κ3) is 4.77. The third-order valence-electron chi connectivity index (χ3n) is 2.62. The Hall–Kier alpha value is -1.03. The minimum absolute atomic E-state index is 0.0275. The second kappa shape index (κ2) is 6.64. The van der Waals surface area contributed by atoms with E-state index in [1.807, 2.05) is 6.07 Å². The van der Waals surface area contributed by atoms with Crippen LogP contribution in [0.2, 0.25) is 0 Å². The van der Waals surface area contributed by atoms with Crippen molar-refractivity contribution in [2.75, 3.05) is 13.6 Å². The summed E-state index contributed by atoms with van der Waals surface area (Å²) in [6.07, 6.45) is 1.17. The molecule has 0 bridgehead atoms. The van der Waals surface area contributed by atoms with Gasteiger partial charge in [-0.25, -0.2) is 0 Å². The molecule has 0 fully saturated rings. The van der Waals surface area contributed by atoms with E-state index in [1.54, 1.807) is 30.1 Å². The number of likely N-dealkylation sites (N-methyl/N-ethyl adjacent to an activating group) is 1. The lowest BCUT2D eigenvalue weighted by Gasteiger charge is -2.18. The maximum Gasteiger partial charge on any atom is 0.226 e. The van der Waals surface area contributed by atoms with E-state index in [0.717, 1.165) is 13.0 Å². The molecule has 0 aliphatic rings. The van der Waals surface area contributed by atoms with Gasteiger partial charge in [-0.15, -0.1) is 0 Å². The molecular weight excluding hydrogens is 282 g/mol. The molecule has 0 saturated heterocycles. The summed E-state index contributed by atoms with van der Waals surface area (Å²) in [4.78, 5) is 14.0. The van der Waals surface area contributed by atoms with E-state index in [2.05, 4.69) is 22.9 Å². The Labute approximate surface area is 111 Å². The van der Waals surface area contributed by atoms with E-state index in [-0.39, 0.29) is 18.1 Å². The van der Waals surface area contributed by atoms with Gasteiger partial charge in [0.2, 0.25) is 5.91 Å². The molecule has 0 saturated carbocycles. The molecule has 0 aliphatic carbocycles. The van der Waals surface area contributed by atoms with Crippen LogP contribution in [0.4, 0.5) is 0 Å². The molecule has 0 radical (unpaired) electrons. The van der Waals surface area contributed by atoms with Crippen LogP contribution in [0.5, 0.6) is 5.75 Å². The number of alkyl halides is 1. The van der Waals surface area contributed by atoms with Gasteiger partial charge in [0.1, 0.15) is 5.75 Å². The number of hydrogen-bond donors (Lipinski definition) is 1. The van der Waals surface area contributed by atoms with E-state index in [9.17, 15) is 9.90 Å². The van der Waals surface area contributed by atoms with Crippen molar-refractivity contribution in [2.45, 2.75) is 24.6 Å². The minimum atomic E-state index is 0.0275. The number of amides is 1. The SMILES string of the molecule is CC(Br)CCN(C)C(=O)Cc1ccccc1O. The Morgan fingerprint density at radius 1 is 1.47 bits per heavy atom. The van der Waals surface area contributed by atoms with Crippen LogP contribution in [0, 0.1) is 0 Å². The van der Waals surface area contributed by atoms with Crippen LogP contribution in [-0.2, 0) is 11.2 Å². The lowest BCUT2D eigenvalue weighted by Crippen LogP contribution is -2.30. The predicted molar refractivity (Wildman–Crippen MR) is 72.5 cm³/mol. The van der Waals surface area contributed by atoms with Gasteiger partial charge in [-0.2, -0.15) is 0 Å². The quantitative estimate of drug-likeness (QED) is 0.849. The molecule has 1 unspecified atom stereocenters. The number of nitrogens with zero attached hydrogens (tertiary/aromatic N) is 1. The van der Waals surface area contributed by atoms with Gasteiger partial charge >= 0.3 is 0 Å². The maximum absolute atomic E-state index is 11.9. The van der Waals surface area contributed by atoms with Crippen molar-refractivity contribution in [1.29, 1.82) is 0 Å². The summed E-state index contributed by atoms with van der Waals surface area (Å²) < 4.78 is 0. The van der Waals surface area contributed by atoms with E-state index in [0.29, 0.717) is 10.4 Å². The molecule has 1 atom stereocenters. The molecule has 0 spiro atoms. The average molecular weight is 300 g/mol. The number of para-hydroxylation sites is 1.